The summed E-state index contributed by atoms with van der Waals surface area (Å²) in [6, 6.07) is 16.2. The Morgan fingerprint density at radius 3 is 2.57 bits per heavy atom. The molecule has 2 rings (SSSR count). The van der Waals surface area contributed by atoms with Crippen LogP contribution in [0.2, 0.25) is 10.0 Å². The Morgan fingerprint density at radius 1 is 1.05 bits per heavy atom. The number of benzene rings is 2. The predicted octanol–water partition coefficient (Wildman–Crippen LogP) is 5.32. The van der Waals surface area contributed by atoms with Crippen LogP contribution in [-0.4, -0.2) is 13.1 Å². The number of hydrogen-bond donors (Lipinski definition) is 1. The van der Waals surface area contributed by atoms with E-state index in [0.717, 1.165) is 36.0 Å². The van der Waals surface area contributed by atoms with Crippen molar-refractivity contribution >= 4 is 23.2 Å². The second-order valence-electron chi connectivity index (χ2n) is 5.25. The molecule has 1 atom stereocenters. The number of rotatable bonds is 7. The molecule has 1 N–H and O–H groups in total. The van der Waals surface area contributed by atoms with E-state index in [9.17, 15) is 0 Å². The molecular formula is C18H21Cl2N. The standard InChI is InChI=1S/C18H21Cl2N/c1-2-10-21-13-16(14-7-5-8-17(19)12-14)11-15-6-3-4-9-18(15)20/h3-9,12,16,21H,2,10-11,13H2,1H3. The molecule has 0 saturated heterocycles. The molecule has 0 aromatic heterocycles. The minimum Gasteiger partial charge on any atom is -0.316 e. The Hall–Kier alpha value is -1.02. The summed E-state index contributed by atoms with van der Waals surface area (Å²) in [7, 11) is 0. The van der Waals surface area contributed by atoms with Crippen molar-refractivity contribution in [2.24, 2.45) is 0 Å². The average Bonchev–Trinajstić information content (AvgIpc) is 2.48. The van der Waals surface area contributed by atoms with E-state index in [0.29, 0.717) is 5.92 Å². The molecule has 0 aliphatic rings. The normalized spacial score (nSPS) is 12.3. The summed E-state index contributed by atoms with van der Waals surface area (Å²) in [5, 5.41) is 5.12. The van der Waals surface area contributed by atoms with E-state index in [2.05, 4.69) is 30.4 Å². The summed E-state index contributed by atoms with van der Waals surface area (Å²) in [5.74, 6) is 0.371. The molecule has 1 nitrogen and oxygen atoms in total. The van der Waals surface area contributed by atoms with Gasteiger partial charge in [-0.05, 0) is 48.7 Å². The molecule has 21 heavy (non-hydrogen) atoms. The number of hydrogen-bond acceptors (Lipinski definition) is 1. The maximum atomic E-state index is 6.30. The molecule has 0 radical (unpaired) electrons. The Morgan fingerprint density at radius 2 is 1.86 bits per heavy atom. The van der Waals surface area contributed by atoms with Crippen molar-refractivity contribution < 1.29 is 0 Å². The first-order valence-corrected chi connectivity index (χ1v) is 8.16. The fraction of sp³-hybridized carbons (Fsp3) is 0.333. The van der Waals surface area contributed by atoms with E-state index in [-0.39, 0.29) is 0 Å². The van der Waals surface area contributed by atoms with Crippen LogP contribution in [0.5, 0.6) is 0 Å². The summed E-state index contributed by atoms with van der Waals surface area (Å²) >= 11 is 12.4. The maximum absolute atomic E-state index is 6.30. The Labute approximate surface area is 137 Å². The van der Waals surface area contributed by atoms with Gasteiger partial charge in [-0.2, -0.15) is 0 Å². The first-order valence-electron chi connectivity index (χ1n) is 7.40. The van der Waals surface area contributed by atoms with Crippen LogP contribution >= 0.6 is 23.2 Å². The van der Waals surface area contributed by atoms with Crippen molar-refractivity contribution in [3.8, 4) is 0 Å². The van der Waals surface area contributed by atoms with Crippen molar-refractivity contribution in [1.82, 2.24) is 5.32 Å². The summed E-state index contributed by atoms with van der Waals surface area (Å²) in [4.78, 5) is 0. The summed E-state index contributed by atoms with van der Waals surface area (Å²) in [6.07, 6.45) is 2.05. The smallest absolute Gasteiger partial charge is 0.0438 e. The highest BCUT2D eigenvalue weighted by atomic mass is 35.5. The van der Waals surface area contributed by atoms with Crippen molar-refractivity contribution in [3.63, 3.8) is 0 Å². The van der Waals surface area contributed by atoms with Crippen LogP contribution in [0.15, 0.2) is 48.5 Å². The third-order valence-electron chi connectivity index (χ3n) is 3.56. The minimum atomic E-state index is 0.371. The summed E-state index contributed by atoms with van der Waals surface area (Å²) in [5.41, 5.74) is 2.44. The van der Waals surface area contributed by atoms with Gasteiger partial charge in [-0.15, -0.1) is 0 Å². The second kappa shape index (κ2) is 8.43. The van der Waals surface area contributed by atoms with Gasteiger partial charge in [0.05, 0.1) is 0 Å². The lowest BCUT2D eigenvalue weighted by atomic mass is 9.92. The third kappa shape index (κ3) is 5.03. The van der Waals surface area contributed by atoms with E-state index in [1.165, 1.54) is 11.1 Å². The first-order chi connectivity index (χ1) is 10.2. The highest BCUT2D eigenvalue weighted by Gasteiger charge is 2.14. The quantitative estimate of drug-likeness (QED) is 0.680. The monoisotopic (exact) mass is 321 g/mol. The van der Waals surface area contributed by atoms with E-state index in [4.69, 9.17) is 23.2 Å². The molecule has 0 aliphatic heterocycles. The van der Waals surface area contributed by atoms with Crippen LogP contribution in [0, 0.1) is 0 Å². The van der Waals surface area contributed by atoms with Crippen molar-refractivity contribution in [2.75, 3.05) is 13.1 Å². The molecular weight excluding hydrogens is 301 g/mol. The van der Waals surface area contributed by atoms with E-state index >= 15 is 0 Å². The van der Waals surface area contributed by atoms with Gasteiger partial charge in [-0.3, -0.25) is 0 Å². The van der Waals surface area contributed by atoms with Gasteiger partial charge in [-0.1, -0.05) is 60.5 Å². The highest BCUT2D eigenvalue weighted by Crippen LogP contribution is 2.26. The van der Waals surface area contributed by atoms with Gasteiger partial charge >= 0.3 is 0 Å². The Balaban J connectivity index is 2.17. The highest BCUT2D eigenvalue weighted by molar-refractivity contribution is 6.31. The topological polar surface area (TPSA) is 12.0 Å². The molecule has 1 unspecified atom stereocenters. The van der Waals surface area contributed by atoms with Crippen LogP contribution in [0.25, 0.3) is 0 Å². The van der Waals surface area contributed by atoms with Gasteiger partial charge < -0.3 is 5.32 Å². The van der Waals surface area contributed by atoms with Crippen LogP contribution < -0.4 is 5.32 Å². The molecule has 2 aromatic carbocycles. The Bertz CT molecular complexity index is 569. The molecule has 112 valence electrons. The second-order valence-corrected chi connectivity index (χ2v) is 6.10. The zero-order chi connectivity index (χ0) is 15.1. The molecule has 0 fully saturated rings. The van der Waals surface area contributed by atoms with Gasteiger partial charge in [0.1, 0.15) is 0 Å². The van der Waals surface area contributed by atoms with Crippen LogP contribution in [0.1, 0.15) is 30.4 Å². The lowest BCUT2D eigenvalue weighted by molar-refractivity contribution is 0.577. The maximum Gasteiger partial charge on any atom is 0.0438 e. The van der Waals surface area contributed by atoms with Crippen LogP contribution in [0.3, 0.4) is 0 Å². The Kier molecular flexibility index (Phi) is 6.56. The molecule has 3 heteroatoms. The van der Waals surface area contributed by atoms with Crippen molar-refractivity contribution in [3.05, 3.63) is 69.7 Å². The molecule has 0 saturated carbocycles. The molecule has 0 bridgehead atoms. The zero-order valence-electron chi connectivity index (χ0n) is 12.3. The van der Waals surface area contributed by atoms with Gasteiger partial charge in [-0.25, -0.2) is 0 Å². The van der Waals surface area contributed by atoms with Gasteiger partial charge in [0.15, 0.2) is 0 Å². The SMILES string of the molecule is CCCNCC(Cc1ccccc1Cl)c1cccc(Cl)c1. The van der Waals surface area contributed by atoms with Crippen molar-refractivity contribution in [1.29, 1.82) is 0 Å². The summed E-state index contributed by atoms with van der Waals surface area (Å²) in [6.45, 7) is 4.13. The fourth-order valence-corrected chi connectivity index (χ4v) is 2.86. The molecule has 0 heterocycles. The zero-order valence-corrected chi connectivity index (χ0v) is 13.8. The minimum absolute atomic E-state index is 0.371. The first kappa shape index (κ1) is 16.4. The van der Waals surface area contributed by atoms with Gasteiger partial charge in [0.25, 0.3) is 0 Å². The largest absolute Gasteiger partial charge is 0.316 e. The molecule has 2 aromatic rings. The lowest BCUT2D eigenvalue weighted by Crippen LogP contribution is -2.23. The van der Waals surface area contributed by atoms with Crippen LogP contribution in [-0.2, 0) is 6.42 Å². The van der Waals surface area contributed by atoms with E-state index in [1.807, 2.05) is 30.3 Å². The fourth-order valence-electron chi connectivity index (χ4n) is 2.45. The average molecular weight is 322 g/mol. The van der Waals surface area contributed by atoms with Crippen LogP contribution in [0.4, 0.5) is 0 Å². The molecule has 0 aliphatic carbocycles. The lowest BCUT2D eigenvalue weighted by Gasteiger charge is -2.19. The number of nitrogens with one attached hydrogen (secondary N) is 1. The molecule has 0 spiro atoms. The predicted molar refractivity (Wildman–Crippen MR) is 92.5 cm³/mol. The van der Waals surface area contributed by atoms with E-state index < -0.39 is 0 Å². The van der Waals surface area contributed by atoms with E-state index in [1.54, 1.807) is 0 Å². The number of halogens is 2. The third-order valence-corrected chi connectivity index (χ3v) is 4.17. The van der Waals surface area contributed by atoms with Crippen molar-refractivity contribution in [2.45, 2.75) is 25.7 Å². The van der Waals surface area contributed by atoms with Gasteiger partial charge in [0.2, 0.25) is 0 Å². The van der Waals surface area contributed by atoms with Gasteiger partial charge in [0, 0.05) is 22.5 Å². The summed E-state index contributed by atoms with van der Waals surface area (Å²) < 4.78 is 0. The molecule has 0 amide bonds.